The molecule has 0 bridgehead atoms. The molecule has 1 saturated heterocycles. The van der Waals surface area contributed by atoms with E-state index >= 15 is 0 Å². The van der Waals surface area contributed by atoms with Crippen molar-refractivity contribution in [2.75, 3.05) is 12.3 Å². The molecule has 1 heterocycles. The van der Waals surface area contributed by atoms with Gasteiger partial charge in [0.1, 0.15) is 0 Å². The Bertz CT molecular complexity index is 90.1. The number of hydrogen-bond donors (Lipinski definition) is 2. The average molecular weight is 174 g/mol. The maximum atomic E-state index is 5.23. The zero-order chi connectivity index (χ0) is 7.94. The van der Waals surface area contributed by atoms with Crippen molar-refractivity contribution in [3.8, 4) is 0 Å². The van der Waals surface area contributed by atoms with Crippen molar-refractivity contribution in [1.29, 1.82) is 0 Å². The van der Waals surface area contributed by atoms with Gasteiger partial charge in [0.05, 0.1) is 0 Å². The minimum Gasteiger partial charge on any atom is -0.271 e. The lowest BCUT2D eigenvalue weighted by Gasteiger charge is -2.11. The van der Waals surface area contributed by atoms with Gasteiger partial charge in [0.15, 0.2) is 0 Å². The summed E-state index contributed by atoms with van der Waals surface area (Å²) in [6, 6.07) is 0. The Morgan fingerprint density at radius 3 is 3.09 bits per heavy atom. The molecule has 1 rings (SSSR count). The van der Waals surface area contributed by atoms with Crippen LogP contribution in [0.1, 0.15) is 32.1 Å². The van der Waals surface area contributed by atoms with Crippen LogP contribution in [0.2, 0.25) is 0 Å². The summed E-state index contributed by atoms with van der Waals surface area (Å²) in [5, 5.41) is 0.869. The zero-order valence-corrected chi connectivity index (χ0v) is 7.83. The molecule has 66 valence electrons. The fraction of sp³-hybridized carbons (Fsp3) is 1.00. The number of nitrogens with two attached hydrogens (primary N) is 1. The van der Waals surface area contributed by atoms with Crippen molar-refractivity contribution < 1.29 is 0 Å². The lowest BCUT2D eigenvalue weighted by atomic mass is 10.1. The maximum Gasteiger partial charge on any atom is 0.0108 e. The number of rotatable bonds is 3. The van der Waals surface area contributed by atoms with E-state index in [1.807, 2.05) is 0 Å². The van der Waals surface area contributed by atoms with E-state index in [1.165, 1.54) is 37.9 Å². The predicted molar refractivity (Wildman–Crippen MR) is 51.5 cm³/mol. The van der Waals surface area contributed by atoms with E-state index in [9.17, 15) is 0 Å². The molecule has 0 aromatic rings. The van der Waals surface area contributed by atoms with Gasteiger partial charge in [0, 0.05) is 11.8 Å². The Morgan fingerprint density at radius 2 is 2.27 bits per heavy atom. The van der Waals surface area contributed by atoms with Crippen molar-refractivity contribution in [3.63, 3.8) is 0 Å². The van der Waals surface area contributed by atoms with Crippen LogP contribution in [0.5, 0.6) is 0 Å². The second-order valence-electron chi connectivity index (χ2n) is 3.08. The van der Waals surface area contributed by atoms with Crippen molar-refractivity contribution in [2.24, 2.45) is 5.84 Å². The Morgan fingerprint density at radius 1 is 1.36 bits per heavy atom. The van der Waals surface area contributed by atoms with Crippen LogP contribution >= 0.6 is 11.8 Å². The van der Waals surface area contributed by atoms with Gasteiger partial charge in [-0.2, -0.15) is 11.8 Å². The molecule has 1 aliphatic rings. The molecule has 3 heteroatoms. The van der Waals surface area contributed by atoms with Gasteiger partial charge >= 0.3 is 0 Å². The molecule has 0 aliphatic carbocycles. The van der Waals surface area contributed by atoms with Crippen molar-refractivity contribution in [2.45, 2.75) is 37.4 Å². The lowest BCUT2D eigenvalue weighted by Crippen LogP contribution is -2.25. The van der Waals surface area contributed by atoms with E-state index in [0.29, 0.717) is 0 Å². The van der Waals surface area contributed by atoms with E-state index in [1.54, 1.807) is 0 Å². The van der Waals surface area contributed by atoms with E-state index in [4.69, 9.17) is 5.84 Å². The fourth-order valence-electron chi connectivity index (χ4n) is 1.46. The first kappa shape index (κ1) is 9.36. The Kier molecular flexibility index (Phi) is 4.99. The van der Waals surface area contributed by atoms with E-state index in [0.717, 1.165) is 11.8 Å². The normalized spacial score (nSPS) is 26.5. The third-order valence-corrected chi connectivity index (χ3v) is 3.60. The summed E-state index contributed by atoms with van der Waals surface area (Å²) >= 11 is 2.13. The van der Waals surface area contributed by atoms with Crippen molar-refractivity contribution in [1.82, 2.24) is 5.43 Å². The van der Waals surface area contributed by atoms with Gasteiger partial charge in [-0.25, -0.2) is 0 Å². The van der Waals surface area contributed by atoms with Crippen LogP contribution < -0.4 is 11.3 Å². The van der Waals surface area contributed by atoms with Gasteiger partial charge in [-0.1, -0.05) is 12.8 Å². The summed E-state index contributed by atoms with van der Waals surface area (Å²) in [4.78, 5) is 0. The standard InChI is InChI=1S/C8H18N2S/c9-10-6-5-8-4-2-1-3-7-11-8/h8,10H,1-7,9H2. The highest BCUT2D eigenvalue weighted by Gasteiger charge is 2.11. The monoisotopic (exact) mass is 174 g/mol. The van der Waals surface area contributed by atoms with E-state index in [-0.39, 0.29) is 0 Å². The minimum absolute atomic E-state index is 0.869. The molecular weight excluding hydrogens is 156 g/mol. The Hall–Kier alpha value is 0.270. The highest BCUT2D eigenvalue weighted by Crippen LogP contribution is 2.25. The van der Waals surface area contributed by atoms with E-state index < -0.39 is 0 Å². The summed E-state index contributed by atoms with van der Waals surface area (Å²) < 4.78 is 0. The van der Waals surface area contributed by atoms with Gasteiger partial charge in [-0.15, -0.1) is 0 Å². The maximum absolute atomic E-state index is 5.23. The van der Waals surface area contributed by atoms with Gasteiger partial charge in [-0.05, 0) is 25.0 Å². The summed E-state index contributed by atoms with van der Waals surface area (Å²) in [5.74, 6) is 6.58. The molecule has 2 nitrogen and oxygen atoms in total. The van der Waals surface area contributed by atoms with Gasteiger partial charge < -0.3 is 0 Å². The van der Waals surface area contributed by atoms with E-state index in [2.05, 4.69) is 17.2 Å². The van der Waals surface area contributed by atoms with Gasteiger partial charge in [0.25, 0.3) is 0 Å². The molecule has 1 fully saturated rings. The first-order chi connectivity index (χ1) is 5.43. The molecule has 11 heavy (non-hydrogen) atoms. The van der Waals surface area contributed by atoms with Gasteiger partial charge in [0.2, 0.25) is 0 Å². The van der Waals surface area contributed by atoms with Crippen LogP contribution in [0.4, 0.5) is 0 Å². The summed E-state index contributed by atoms with van der Waals surface area (Å²) in [6.45, 7) is 0.970. The van der Waals surface area contributed by atoms with Gasteiger partial charge in [-0.3, -0.25) is 11.3 Å². The first-order valence-corrected chi connectivity index (χ1v) is 5.53. The fourth-order valence-corrected chi connectivity index (χ4v) is 2.78. The summed E-state index contributed by atoms with van der Waals surface area (Å²) in [5.41, 5.74) is 2.72. The second kappa shape index (κ2) is 5.86. The highest BCUT2D eigenvalue weighted by molar-refractivity contribution is 7.99. The molecule has 1 unspecified atom stereocenters. The van der Waals surface area contributed by atoms with Crippen LogP contribution in [0.3, 0.4) is 0 Å². The Labute approximate surface area is 73.3 Å². The minimum atomic E-state index is 0.869. The molecule has 3 N–H and O–H groups in total. The highest BCUT2D eigenvalue weighted by atomic mass is 32.2. The largest absolute Gasteiger partial charge is 0.271 e. The quantitative estimate of drug-likeness (QED) is 0.503. The molecule has 1 atom stereocenters. The first-order valence-electron chi connectivity index (χ1n) is 4.48. The third-order valence-electron chi connectivity index (χ3n) is 2.13. The molecule has 1 aliphatic heterocycles. The third kappa shape index (κ3) is 3.99. The van der Waals surface area contributed by atoms with Crippen LogP contribution in [0.15, 0.2) is 0 Å². The average Bonchev–Trinajstić information content (AvgIpc) is 2.28. The predicted octanol–water partition coefficient (Wildman–Crippen LogP) is 1.52. The molecule has 0 aromatic carbocycles. The van der Waals surface area contributed by atoms with Crippen LogP contribution in [0, 0.1) is 0 Å². The molecule has 0 amide bonds. The number of hydrogen-bond acceptors (Lipinski definition) is 3. The molecule has 0 aromatic heterocycles. The summed E-state index contributed by atoms with van der Waals surface area (Å²) in [6.07, 6.45) is 6.90. The van der Waals surface area contributed by atoms with Crippen LogP contribution in [-0.2, 0) is 0 Å². The number of nitrogens with one attached hydrogen (secondary N) is 1. The molecule has 0 radical (unpaired) electrons. The smallest absolute Gasteiger partial charge is 0.0108 e. The molecule has 0 saturated carbocycles. The zero-order valence-electron chi connectivity index (χ0n) is 7.01. The topological polar surface area (TPSA) is 38.0 Å². The van der Waals surface area contributed by atoms with Crippen LogP contribution in [-0.4, -0.2) is 17.5 Å². The lowest BCUT2D eigenvalue weighted by molar-refractivity contribution is 0.605. The second-order valence-corrected chi connectivity index (χ2v) is 4.49. The number of thioether (sulfide) groups is 1. The number of hydrazine groups is 1. The molecular formula is C8H18N2S. The van der Waals surface area contributed by atoms with Crippen LogP contribution in [0.25, 0.3) is 0 Å². The van der Waals surface area contributed by atoms with Crippen molar-refractivity contribution in [3.05, 3.63) is 0 Å². The Balaban J connectivity index is 2.09. The molecule has 0 spiro atoms. The summed E-state index contributed by atoms with van der Waals surface area (Å²) in [7, 11) is 0. The SMILES string of the molecule is NNCCC1CCCCCS1. The van der Waals surface area contributed by atoms with Crippen molar-refractivity contribution >= 4 is 11.8 Å².